The molecule has 1 atom stereocenters. The van der Waals surface area contributed by atoms with Crippen molar-refractivity contribution in [1.29, 1.82) is 5.26 Å². The maximum atomic E-state index is 13.3. The summed E-state index contributed by atoms with van der Waals surface area (Å²) in [4.78, 5) is 22.4. The maximum Gasteiger partial charge on any atom is 0.188 e. The number of nitrogens with zero attached hydrogens (tertiary/aromatic N) is 4. The van der Waals surface area contributed by atoms with Crippen molar-refractivity contribution in [2.24, 2.45) is 7.05 Å². The van der Waals surface area contributed by atoms with E-state index in [2.05, 4.69) is 32.0 Å². The highest BCUT2D eigenvalue weighted by molar-refractivity contribution is 9.10. The van der Waals surface area contributed by atoms with Crippen molar-refractivity contribution >= 4 is 43.6 Å². The van der Waals surface area contributed by atoms with Crippen LogP contribution in [0.2, 0.25) is 0 Å². The first kappa shape index (κ1) is 17.4. The van der Waals surface area contributed by atoms with Crippen LogP contribution in [0, 0.1) is 18.3 Å². The Kier molecular flexibility index (Phi) is 4.25. The average molecular weight is 419 g/mol. The van der Waals surface area contributed by atoms with Gasteiger partial charge in [-0.15, -0.1) is 0 Å². The fraction of sp³-hybridized carbons (Fsp3) is 0.143. The van der Waals surface area contributed by atoms with Crippen LogP contribution in [0.3, 0.4) is 0 Å². The lowest BCUT2D eigenvalue weighted by Gasteiger charge is -2.12. The van der Waals surface area contributed by atoms with E-state index in [4.69, 9.17) is 0 Å². The standard InChI is InChI=1S/C21H15BrN4O/c1-12-9-15(14-8-7-13(22)10-18(14)24-12)20(27)16(11-23)21-25-17-5-3-4-6-19(17)26(21)2/h3-10,16H,1-2H3. The van der Waals surface area contributed by atoms with E-state index < -0.39 is 5.92 Å². The summed E-state index contributed by atoms with van der Waals surface area (Å²) >= 11 is 3.44. The molecule has 0 bridgehead atoms. The number of Topliss-reactive ketones (excluding diaryl/α,β-unsaturated/α-hetero) is 1. The quantitative estimate of drug-likeness (QED) is 0.452. The molecule has 0 aliphatic rings. The number of carbonyl (C=O) groups excluding carboxylic acids is 1. The molecule has 2 aromatic carbocycles. The van der Waals surface area contributed by atoms with Crippen LogP contribution in [0.25, 0.3) is 21.9 Å². The third-order valence-corrected chi connectivity index (χ3v) is 5.13. The van der Waals surface area contributed by atoms with Crippen molar-refractivity contribution in [1.82, 2.24) is 14.5 Å². The van der Waals surface area contributed by atoms with Gasteiger partial charge in [-0.1, -0.05) is 34.1 Å². The van der Waals surface area contributed by atoms with Gasteiger partial charge in [0.05, 0.1) is 22.6 Å². The predicted octanol–water partition coefficient (Wildman–Crippen LogP) is 4.68. The van der Waals surface area contributed by atoms with Gasteiger partial charge >= 0.3 is 0 Å². The summed E-state index contributed by atoms with van der Waals surface area (Å²) in [7, 11) is 1.83. The zero-order valence-corrected chi connectivity index (χ0v) is 16.4. The molecule has 0 aliphatic heterocycles. The van der Waals surface area contributed by atoms with Gasteiger partial charge in [-0.05, 0) is 37.3 Å². The van der Waals surface area contributed by atoms with E-state index in [1.807, 2.05) is 61.0 Å². The molecule has 0 amide bonds. The van der Waals surface area contributed by atoms with Crippen LogP contribution in [-0.2, 0) is 7.05 Å². The van der Waals surface area contributed by atoms with Gasteiger partial charge in [0.1, 0.15) is 5.82 Å². The molecule has 2 aromatic heterocycles. The third-order valence-electron chi connectivity index (χ3n) is 4.64. The molecule has 1 unspecified atom stereocenters. The van der Waals surface area contributed by atoms with Gasteiger partial charge in [0.25, 0.3) is 0 Å². The zero-order valence-electron chi connectivity index (χ0n) is 14.8. The predicted molar refractivity (Wildman–Crippen MR) is 108 cm³/mol. The third kappa shape index (κ3) is 2.90. The van der Waals surface area contributed by atoms with Crippen molar-refractivity contribution < 1.29 is 4.79 Å². The van der Waals surface area contributed by atoms with E-state index in [-0.39, 0.29) is 5.78 Å². The van der Waals surface area contributed by atoms with Gasteiger partial charge in [-0.25, -0.2) is 4.98 Å². The minimum Gasteiger partial charge on any atom is -0.330 e. The number of fused-ring (bicyclic) bond motifs is 2. The smallest absolute Gasteiger partial charge is 0.188 e. The van der Waals surface area contributed by atoms with Crippen LogP contribution in [-0.4, -0.2) is 20.3 Å². The second-order valence-corrected chi connectivity index (χ2v) is 7.33. The molecule has 0 saturated heterocycles. The Morgan fingerprint density at radius 1 is 1.15 bits per heavy atom. The number of benzene rings is 2. The lowest BCUT2D eigenvalue weighted by Crippen LogP contribution is -2.16. The fourth-order valence-corrected chi connectivity index (χ4v) is 3.70. The molecule has 0 saturated carbocycles. The zero-order chi connectivity index (χ0) is 19.1. The summed E-state index contributed by atoms with van der Waals surface area (Å²) in [6.45, 7) is 1.84. The first-order valence-electron chi connectivity index (χ1n) is 8.41. The molecule has 0 aliphatic carbocycles. The van der Waals surface area contributed by atoms with Crippen LogP contribution in [0.4, 0.5) is 0 Å². The Bertz CT molecular complexity index is 1250. The summed E-state index contributed by atoms with van der Waals surface area (Å²) in [5, 5.41) is 10.5. The lowest BCUT2D eigenvalue weighted by atomic mass is 9.94. The normalized spacial score (nSPS) is 12.2. The van der Waals surface area contributed by atoms with E-state index in [1.54, 1.807) is 6.07 Å². The number of imidazole rings is 1. The van der Waals surface area contributed by atoms with Crippen molar-refractivity contribution in [3.8, 4) is 6.07 Å². The molecule has 4 aromatic rings. The second kappa shape index (κ2) is 6.60. The van der Waals surface area contributed by atoms with Gasteiger partial charge in [-0.3, -0.25) is 9.78 Å². The number of hydrogen-bond acceptors (Lipinski definition) is 4. The Labute approximate surface area is 164 Å². The van der Waals surface area contributed by atoms with Gasteiger partial charge in [-0.2, -0.15) is 5.26 Å². The molecule has 0 fully saturated rings. The largest absolute Gasteiger partial charge is 0.330 e. The maximum absolute atomic E-state index is 13.3. The molecule has 0 N–H and O–H groups in total. The van der Waals surface area contributed by atoms with E-state index in [9.17, 15) is 10.1 Å². The van der Waals surface area contributed by atoms with Crippen LogP contribution in [0.15, 0.2) is 53.0 Å². The molecule has 5 nitrogen and oxygen atoms in total. The molecule has 6 heteroatoms. The van der Waals surface area contributed by atoms with Crippen LogP contribution in [0.5, 0.6) is 0 Å². The number of halogens is 1. The molecule has 0 radical (unpaired) electrons. The highest BCUT2D eigenvalue weighted by Crippen LogP contribution is 2.28. The average Bonchev–Trinajstić information content (AvgIpc) is 2.98. The number of aromatic nitrogens is 3. The minimum absolute atomic E-state index is 0.270. The topological polar surface area (TPSA) is 71.6 Å². The number of carbonyl (C=O) groups is 1. The number of ketones is 1. The first-order chi connectivity index (χ1) is 13.0. The molecule has 132 valence electrons. The Hall–Kier alpha value is -3.04. The monoisotopic (exact) mass is 418 g/mol. The molecule has 0 spiro atoms. The van der Waals surface area contributed by atoms with Gasteiger partial charge in [0.15, 0.2) is 11.7 Å². The van der Waals surface area contributed by atoms with E-state index >= 15 is 0 Å². The van der Waals surface area contributed by atoms with Gasteiger partial charge in [0.2, 0.25) is 0 Å². The number of rotatable bonds is 3. The summed E-state index contributed by atoms with van der Waals surface area (Å²) in [5.74, 6) is -0.812. The van der Waals surface area contributed by atoms with Gasteiger partial charge < -0.3 is 4.57 Å². The minimum atomic E-state index is -0.990. The number of hydrogen-bond donors (Lipinski definition) is 0. The Morgan fingerprint density at radius 2 is 1.93 bits per heavy atom. The summed E-state index contributed by atoms with van der Waals surface area (Å²) < 4.78 is 2.70. The number of aryl methyl sites for hydroxylation is 2. The number of para-hydroxylation sites is 2. The fourth-order valence-electron chi connectivity index (χ4n) is 3.35. The van der Waals surface area contributed by atoms with E-state index in [0.29, 0.717) is 11.4 Å². The Balaban J connectivity index is 1.89. The van der Waals surface area contributed by atoms with Crippen LogP contribution in [0.1, 0.15) is 27.8 Å². The van der Waals surface area contributed by atoms with Crippen LogP contribution >= 0.6 is 15.9 Å². The van der Waals surface area contributed by atoms with Gasteiger partial charge in [0, 0.05) is 28.2 Å². The molecular formula is C21H15BrN4O. The number of pyridine rings is 1. The van der Waals surface area contributed by atoms with E-state index in [1.165, 1.54) is 0 Å². The molecule has 27 heavy (non-hydrogen) atoms. The highest BCUT2D eigenvalue weighted by Gasteiger charge is 2.28. The summed E-state index contributed by atoms with van der Waals surface area (Å²) in [6.07, 6.45) is 0. The lowest BCUT2D eigenvalue weighted by molar-refractivity contribution is 0.0977. The van der Waals surface area contributed by atoms with Crippen molar-refractivity contribution in [2.75, 3.05) is 0 Å². The molecular weight excluding hydrogens is 404 g/mol. The van der Waals surface area contributed by atoms with Crippen molar-refractivity contribution in [3.05, 3.63) is 70.1 Å². The number of nitriles is 1. The van der Waals surface area contributed by atoms with Crippen LogP contribution < -0.4 is 0 Å². The molecule has 4 rings (SSSR count). The molecule has 2 heterocycles. The highest BCUT2D eigenvalue weighted by atomic mass is 79.9. The Morgan fingerprint density at radius 3 is 2.67 bits per heavy atom. The SMILES string of the molecule is Cc1cc(C(=O)C(C#N)c2nc3ccccc3n2C)c2ccc(Br)cc2n1. The second-order valence-electron chi connectivity index (χ2n) is 6.42. The first-order valence-corrected chi connectivity index (χ1v) is 9.21. The van der Waals surface area contributed by atoms with Crippen molar-refractivity contribution in [2.45, 2.75) is 12.8 Å². The van der Waals surface area contributed by atoms with E-state index in [0.717, 1.165) is 32.1 Å². The van der Waals surface area contributed by atoms with Crippen molar-refractivity contribution in [3.63, 3.8) is 0 Å². The summed E-state index contributed by atoms with van der Waals surface area (Å²) in [6, 6.07) is 17.1. The summed E-state index contributed by atoms with van der Waals surface area (Å²) in [5.41, 5.74) is 3.59.